The fourth-order valence-corrected chi connectivity index (χ4v) is 2.33. The van der Waals surface area contributed by atoms with Crippen molar-refractivity contribution in [3.8, 4) is 5.75 Å². The van der Waals surface area contributed by atoms with Crippen LogP contribution in [-0.2, 0) is 22.2 Å². The highest BCUT2D eigenvalue weighted by Crippen LogP contribution is 2.32. The van der Waals surface area contributed by atoms with Crippen molar-refractivity contribution in [2.45, 2.75) is 12.2 Å². The van der Waals surface area contributed by atoms with Gasteiger partial charge in [0.2, 0.25) is 0 Å². The van der Waals surface area contributed by atoms with Crippen LogP contribution in [0.2, 0.25) is 0 Å². The van der Waals surface area contributed by atoms with Gasteiger partial charge in [-0.15, -0.1) is 0 Å². The van der Waals surface area contributed by atoms with Crippen molar-refractivity contribution in [1.29, 1.82) is 0 Å². The Bertz CT molecular complexity index is 647. The van der Waals surface area contributed by atoms with Crippen LogP contribution in [0.25, 0.3) is 0 Å². The van der Waals surface area contributed by atoms with Crippen molar-refractivity contribution in [3.05, 3.63) is 59.4 Å². The molecule has 0 saturated carbocycles. The predicted octanol–water partition coefficient (Wildman–Crippen LogP) is 3.13. The summed E-state index contributed by atoms with van der Waals surface area (Å²) in [5.41, 5.74) is 0.152. The van der Waals surface area contributed by atoms with Gasteiger partial charge in [-0.3, -0.25) is 4.98 Å². The van der Waals surface area contributed by atoms with Gasteiger partial charge >= 0.3 is 18.0 Å². The summed E-state index contributed by atoms with van der Waals surface area (Å²) in [4.78, 5) is 4.15. The van der Waals surface area contributed by atoms with Gasteiger partial charge in [-0.2, -0.15) is 13.2 Å². The van der Waals surface area contributed by atoms with E-state index >= 15 is 0 Å². The van der Waals surface area contributed by atoms with Gasteiger partial charge in [-0.05, 0) is 34.6 Å². The first-order valence-electron chi connectivity index (χ1n) is 6.17. The van der Waals surface area contributed by atoms with Crippen LogP contribution in [0.3, 0.4) is 0 Å². The maximum absolute atomic E-state index is 12.6. The lowest BCUT2D eigenvalue weighted by atomic mass is 10.0. The second kappa shape index (κ2) is 6.80. The molecule has 1 aromatic heterocycles. The number of nitrogens with zero attached hydrogens (tertiary/aromatic N) is 1. The number of rotatable bonds is 5. The zero-order valence-electron chi connectivity index (χ0n) is 11.4. The van der Waals surface area contributed by atoms with E-state index in [0.717, 1.165) is 12.1 Å². The van der Waals surface area contributed by atoms with E-state index in [-0.39, 0.29) is 11.9 Å². The number of benzene rings is 1. The van der Waals surface area contributed by atoms with E-state index in [0.29, 0.717) is 17.0 Å². The Balaban J connectivity index is 2.42. The Morgan fingerprint density at radius 3 is 2.45 bits per heavy atom. The summed E-state index contributed by atoms with van der Waals surface area (Å²) in [7, 11) is 1.45. The fourth-order valence-electron chi connectivity index (χ4n) is 1.99. The summed E-state index contributed by atoms with van der Waals surface area (Å²) < 4.78 is 56.5. The average Bonchev–Trinajstić information content (AvgIpc) is 2.52. The molecule has 0 spiro atoms. The molecule has 0 saturated heterocycles. The number of pyridine rings is 1. The molecule has 0 amide bonds. The van der Waals surface area contributed by atoms with E-state index in [1.807, 2.05) is 0 Å². The molecule has 0 fully saturated rings. The first kappa shape index (κ1) is 16.3. The van der Waals surface area contributed by atoms with Crippen molar-refractivity contribution < 1.29 is 22.1 Å². The van der Waals surface area contributed by atoms with Crippen LogP contribution >= 0.6 is 0 Å². The highest BCUT2D eigenvalue weighted by molar-refractivity contribution is 7.63. The number of hydrogen-bond donors (Lipinski definition) is 1. The number of hydrogen-bond acceptors (Lipinski definition) is 3. The van der Waals surface area contributed by atoms with E-state index in [2.05, 4.69) is 9.71 Å². The number of ether oxygens (including phenoxy) is 1. The molecular formula is C14H12F3N2O2S+. The largest absolute Gasteiger partial charge is 0.588 e. The third kappa shape index (κ3) is 3.58. The minimum absolute atomic E-state index is 0.111. The Labute approximate surface area is 129 Å². The monoisotopic (exact) mass is 329 g/mol. The maximum Gasteiger partial charge on any atom is 0.588 e. The maximum atomic E-state index is 12.6. The average molecular weight is 329 g/mol. The first-order valence-corrected chi connectivity index (χ1v) is 6.92. The van der Waals surface area contributed by atoms with Crippen LogP contribution in [-0.4, -0.2) is 12.1 Å². The smallest absolute Gasteiger partial charge is 0.495 e. The number of halogens is 3. The van der Waals surface area contributed by atoms with Crippen molar-refractivity contribution in [2.24, 2.45) is 0 Å². The standard InChI is InChI=1S/C14H12F3N2O2S/c1-21-11-3-2-8-18-13(11)12(19-22-20)9-4-6-10(7-5-9)14(15,16)17/h2-8,12H,1H3,(H,19,20)/q+1/t12-/m0/s1. The molecule has 2 rings (SSSR count). The molecule has 1 atom stereocenters. The van der Waals surface area contributed by atoms with Crippen LogP contribution in [0.4, 0.5) is 13.2 Å². The van der Waals surface area contributed by atoms with Gasteiger partial charge < -0.3 is 4.74 Å². The second-order valence-electron chi connectivity index (χ2n) is 4.34. The third-order valence-corrected chi connectivity index (χ3v) is 3.36. The lowest BCUT2D eigenvalue weighted by Gasteiger charge is -2.14. The summed E-state index contributed by atoms with van der Waals surface area (Å²) in [6.45, 7) is 0. The van der Waals surface area contributed by atoms with Gasteiger partial charge in [0.05, 0.1) is 16.9 Å². The number of nitrogens with one attached hydrogen (secondary N) is 1. The Morgan fingerprint density at radius 2 is 1.91 bits per heavy atom. The molecule has 1 aromatic carbocycles. The minimum Gasteiger partial charge on any atom is -0.495 e. The van der Waals surface area contributed by atoms with Gasteiger partial charge in [0.15, 0.2) is 0 Å². The van der Waals surface area contributed by atoms with E-state index in [1.165, 1.54) is 25.4 Å². The molecule has 22 heavy (non-hydrogen) atoms. The molecule has 0 bridgehead atoms. The van der Waals surface area contributed by atoms with Gasteiger partial charge in [0, 0.05) is 6.20 Å². The van der Waals surface area contributed by atoms with Crippen LogP contribution in [0.5, 0.6) is 5.75 Å². The molecule has 1 N–H and O–H groups in total. The number of aromatic nitrogens is 1. The van der Waals surface area contributed by atoms with Gasteiger partial charge in [-0.1, -0.05) is 12.1 Å². The molecular weight excluding hydrogens is 317 g/mol. The Morgan fingerprint density at radius 1 is 1.23 bits per heavy atom. The van der Waals surface area contributed by atoms with Crippen LogP contribution < -0.4 is 9.46 Å². The van der Waals surface area contributed by atoms with Crippen LogP contribution in [0, 0.1) is 0 Å². The minimum atomic E-state index is -4.41. The zero-order chi connectivity index (χ0) is 16.2. The predicted molar refractivity (Wildman–Crippen MR) is 75.3 cm³/mol. The molecule has 0 aliphatic rings. The van der Waals surface area contributed by atoms with E-state index in [1.54, 1.807) is 12.1 Å². The molecule has 0 aliphatic heterocycles. The SMILES string of the molecule is COc1cccnc1[C@@H](N[S+]=O)c1ccc(C(F)(F)F)cc1. The van der Waals surface area contributed by atoms with Crippen molar-refractivity contribution in [2.75, 3.05) is 7.11 Å². The summed E-state index contributed by atoms with van der Waals surface area (Å²) in [5, 5.41) is 0. The van der Waals surface area contributed by atoms with E-state index in [9.17, 15) is 17.4 Å². The van der Waals surface area contributed by atoms with Gasteiger partial charge in [0.1, 0.15) is 17.5 Å². The lowest BCUT2D eigenvalue weighted by molar-refractivity contribution is -0.137. The van der Waals surface area contributed by atoms with Crippen LogP contribution in [0.1, 0.15) is 22.9 Å². The molecule has 0 unspecified atom stereocenters. The van der Waals surface area contributed by atoms with Crippen molar-refractivity contribution in [3.63, 3.8) is 0 Å². The van der Waals surface area contributed by atoms with Gasteiger partial charge in [0.25, 0.3) is 0 Å². The van der Waals surface area contributed by atoms with Crippen molar-refractivity contribution in [1.82, 2.24) is 9.71 Å². The highest BCUT2D eigenvalue weighted by Gasteiger charge is 2.31. The third-order valence-electron chi connectivity index (χ3n) is 3.03. The van der Waals surface area contributed by atoms with Crippen molar-refractivity contribution >= 4 is 11.9 Å². The first-order chi connectivity index (χ1) is 10.5. The molecule has 8 heteroatoms. The lowest BCUT2D eigenvalue weighted by Crippen LogP contribution is -2.20. The molecule has 2 aromatic rings. The summed E-state index contributed by atoms with van der Waals surface area (Å²) >= 11 is 0.111. The molecule has 0 aliphatic carbocycles. The summed E-state index contributed by atoms with van der Waals surface area (Å²) in [6, 6.07) is 7.20. The number of alkyl halides is 3. The Hall–Kier alpha value is -2.06. The fraction of sp³-hybridized carbons (Fsp3) is 0.214. The number of methoxy groups -OCH3 is 1. The zero-order valence-corrected chi connectivity index (χ0v) is 12.2. The summed E-state index contributed by atoms with van der Waals surface area (Å²) in [6.07, 6.45) is -2.89. The molecule has 1 heterocycles. The highest BCUT2D eigenvalue weighted by atomic mass is 32.2. The van der Waals surface area contributed by atoms with Crippen LogP contribution in [0.15, 0.2) is 42.6 Å². The summed E-state index contributed by atoms with van der Waals surface area (Å²) in [5.74, 6) is 0.439. The van der Waals surface area contributed by atoms with Gasteiger partial charge in [-0.25, -0.2) is 0 Å². The second-order valence-corrected chi connectivity index (χ2v) is 4.75. The molecule has 4 nitrogen and oxygen atoms in total. The molecule has 116 valence electrons. The normalized spacial score (nSPS) is 12.7. The Kier molecular flexibility index (Phi) is 5.04. The van der Waals surface area contributed by atoms with E-state index in [4.69, 9.17) is 4.74 Å². The van der Waals surface area contributed by atoms with E-state index < -0.39 is 17.8 Å². The topological polar surface area (TPSA) is 51.2 Å². The quantitative estimate of drug-likeness (QED) is 0.677. The molecule has 0 radical (unpaired) electrons.